The quantitative estimate of drug-likeness (QED) is 0.731. The number of amides is 2. The largest absolute Gasteiger partial charge is 0.494 e. The van der Waals surface area contributed by atoms with Crippen molar-refractivity contribution >= 4 is 39.1 Å². The number of hydrogen-bond acceptors (Lipinski definition) is 3. The molecule has 2 aromatic carbocycles. The first-order chi connectivity index (χ1) is 13.0. The number of hydrogen-bond donors (Lipinski definition) is 1. The van der Waals surface area contributed by atoms with Gasteiger partial charge in [0, 0.05) is 23.1 Å². The third-order valence-electron chi connectivity index (χ3n) is 4.50. The Kier molecular flexibility index (Phi) is 6.16. The van der Waals surface area contributed by atoms with Gasteiger partial charge in [0.25, 0.3) is 0 Å². The van der Waals surface area contributed by atoms with Gasteiger partial charge in [-0.05, 0) is 71.2 Å². The third kappa shape index (κ3) is 4.69. The maximum absolute atomic E-state index is 12.6. The molecular weight excluding hydrogens is 408 g/mol. The fourth-order valence-electron chi connectivity index (χ4n) is 3.03. The topological polar surface area (TPSA) is 58.6 Å². The van der Waals surface area contributed by atoms with Gasteiger partial charge in [0.05, 0.1) is 18.2 Å². The highest BCUT2D eigenvalue weighted by molar-refractivity contribution is 9.10. The van der Waals surface area contributed by atoms with E-state index in [1.165, 1.54) is 0 Å². The molecule has 0 radical (unpaired) electrons. The zero-order valence-corrected chi connectivity index (χ0v) is 17.1. The average Bonchev–Trinajstić information content (AvgIpc) is 3.04. The molecule has 0 bridgehead atoms. The van der Waals surface area contributed by atoms with Gasteiger partial charge in [-0.1, -0.05) is 13.0 Å². The summed E-state index contributed by atoms with van der Waals surface area (Å²) in [5.41, 5.74) is 2.61. The Balaban J connectivity index is 1.65. The van der Waals surface area contributed by atoms with Crippen LogP contribution < -0.4 is 15.0 Å². The average molecular weight is 431 g/mol. The molecule has 1 saturated heterocycles. The molecule has 142 valence electrons. The minimum atomic E-state index is -0.373. The van der Waals surface area contributed by atoms with Crippen LogP contribution in [0, 0.1) is 12.8 Å². The highest BCUT2D eigenvalue weighted by Gasteiger charge is 2.35. The third-order valence-corrected chi connectivity index (χ3v) is 5.16. The summed E-state index contributed by atoms with van der Waals surface area (Å²) in [6, 6.07) is 13.2. The van der Waals surface area contributed by atoms with Gasteiger partial charge in [0.15, 0.2) is 0 Å². The number of nitrogens with one attached hydrogen (secondary N) is 1. The summed E-state index contributed by atoms with van der Waals surface area (Å²) >= 11 is 3.47. The monoisotopic (exact) mass is 430 g/mol. The molecule has 0 aliphatic carbocycles. The second-order valence-corrected chi connectivity index (χ2v) is 7.57. The van der Waals surface area contributed by atoms with E-state index in [-0.39, 0.29) is 24.2 Å². The lowest BCUT2D eigenvalue weighted by molar-refractivity contribution is -0.122. The molecule has 27 heavy (non-hydrogen) atoms. The van der Waals surface area contributed by atoms with Crippen molar-refractivity contribution < 1.29 is 14.3 Å². The number of nitrogens with zero attached hydrogens (tertiary/aromatic N) is 1. The Morgan fingerprint density at radius 2 is 2.00 bits per heavy atom. The molecule has 1 aliphatic heterocycles. The summed E-state index contributed by atoms with van der Waals surface area (Å²) < 4.78 is 6.41. The van der Waals surface area contributed by atoms with Crippen molar-refractivity contribution in [3.05, 3.63) is 52.5 Å². The van der Waals surface area contributed by atoms with Crippen molar-refractivity contribution in [3.8, 4) is 5.75 Å². The standard InChI is InChI=1S/C21H23BrN2O3/c1-3-10-27-17-7-5-16(6-8-17)24-13-15(12-20(24)25)21(26)23-19-9-4-14(2)11-18(19)22/h4-9,11,15H,3,10,12-13H2,1-2H3,(H,23,26)/t15-/m0/s1. The van der Waals surface area contributed by atoms with Crippen molar-refractivity contribution in [3.63, 3.8) is 0 Å². The molecule has 2 aromatic rings. The number of rotatable bonds is 6. The Bertz CT molecular complexity index is 836. The van der Waals surface area contributed by atoms with Crippen molar-refractivity contribution in [2.45, 2.75) is 26.7 Å². The van der Waals surface area contributed by atoms with E-state index < -0.39 is 0 Å². The fourth-order valence-corrected chi connectivity index (χ4v) is 3.62. The van der Waals surface area contributed by atoms with Gasteiger partial charge in [-0.3, -0.25) is 9.59 Å². The van der Waals surface area contributed by atoms with Crippen LogP contribution >= 0.6 is 15.9 Å². The van der Waals surface area contributed by atoms with E-state index in [1.54, 1.807) is 4.90 Å². The van der Waals surface area contributed by atoms with Crippen LogP contribution in [0.5, 0.6) is 5.75 Å². The van der Waals surface area contributed by atoms with E-state index in [2.05, 4.69) is 28.2 Å². The predicted octanol–water partition coefficient (Wildman–Crippen LogP) is 4.54. The van der Waals surface area contributed by atoms with Gasteiger partial charge in [0.1, 0.15) is 5.75 Å². The van der Waals surface area contributed by atoms with Crippen molar-refractivity contribution in [1.82, 2.24) is 0 Å². The van der Waals surface area contributed by atoms with Crippen molar-refractivity contribution in [2.75, 3.05) is 23.4 Å². The molecule has 1 aliphatic rings. The van der Waals surface area contributed by atoms with Crippen LogP contribution in [-0.2, 0) is 9.59 Å². The molecule has 5 nitrogen and oxygen atoms in total. The van der Waals surface area contributed by atoms with Crippen LogP contribution in [0.25, 0.3) is 0 Å². The smallest absolute Gasteiger partial charge is 0.229 e. The molecule has 1 atom stereocenters. The van der Waals surface area contributed by atoms with Gasteiger partial charge in [-0.25, -0.2) is 0 Å². The van der Waals surface area contributed by atoms with E-state index in [1.807, 2.05) is 49.4 Å². The molecule has 0 unspecified atom stereocenters. The SMILES string of the molecule is CCCOc1ccc(N2C[C@@H](C(=O)Nc3ccc(C)cc3Br)CC2=O)cc1. The van der Waals surface area contributed by atoms with Gasteiger partial charge < -0.3 is 15.0 Å². The molecule has 6 heteroatoms. The predicted molar refractivity (Wildman–Crippen MR) is 110 cm³/mol. The summed E-state index contributed by atoms with van der Waals surface area (Å²) in [6.45, 7) is 5.09. The number of carbonyl (C=O) groups is 2. The van der Waals surface area contributed by atoms with E-state index in [0.29, 0.717) is 18.8 Å². The maximum Gasteiger partial charge on any atom is 0.229 e. The van der Waals surface area contributed by atoms with Crippen molar-refractivity contribution in [1.29, 1.82) is 0 Å². The Morgan fingerprint density at radius 3 is 2.67 bits per heavy atom. The zero-order chi connectivity index (χ0) is 19.4. The molecule has 1 N–H and O–H groups in total. The van der Waals surface area contributed by atoms with Crippen LogP contribution in [0.3, 0.4) is 0 Å². The number of aryl methyl sites for hydroxylation is 1. The molecule has 0 spiro atoms. The first-order valence-corrected chi connectivity index (χ1v) is 9.87. The summed E-state index contributed by atoms with van der Waals surface area (Å²) in [5, 5.41) is 2.92. The number of ether oxygens (including phenoxy) is 1. The van der Waals surface area contributed by atoms with Gasteiger partial charge in [-0.15, -0.1) is 0 Å². The fraction of sp³-hybridized carbons (Fsp3) is 0.333. The number of halogens is 1. The number of carbonyl (C=O) groups excluding carboxylic acids is 2. The molecule has 0 saturated carbocycles. The van der Waals surface area contributed by atoms with Crippen LogP contribution in [0.4, 0.5) is 11.4 Å². The van der Waals surface area contributed by atoms with E-state index in [9.17, 15) is 9.59 Å². The van der Waals surface area contributed by atoms with Crippen LogP contribution in [0.2, 0.25) is 0 Å². The van der Waals surface area contributed by atoms with Crippen LogP contribution in [0.15, 0.2) is 46.9 Å². The highest BCUT2D eigenvalue weighted by atomic mass is 79.9. The van der Waals surface area contributed by atoms with Crippen LogP contribution in [-0.4, -0.2) is 25.0 Å². The Hall–Kier alpha value is -2.34. The molecule has 3 rings (SSSR count). The second kappa shape index (κ2) is 8.57. The summed E-state index contributed by atoms with van der Waals surface area (Å²) in [5.74, 6) is 0.228. The summed E-state index contributed by atoms with van der Waals surface area (Å²) in [6.07, 6.45) is 1.16. The molecule has 1 fully saturated rings. The number of benzene rings is 2. The van der Waals surface area contributed by atoms with E-state index in [4.69, 9.17) is 4.74 Å². The van der Waals surface area contributed by atoms with Gasteiger partial charge in [-0.2, -0.15) is 0 Å². The van der Waals surface area contributed by atoms with E-state index in [0.717, 1.165) is 27.9 Å². The van der Waals surface area contributed by atoms with Crippen LogP contribution in [0.1, 0.15) is 25.3 Å². The summed E-state index contributed by atoms with van der Waals surface area (Å²) in [7, 11) is 0. The lowest BCUT2D eigenvalue weighted by atomic mass is 10.1. The molecular formula is C21H23BrN2O3. The van der Waals surface area contributed by atoms with Gasteiger partial charge in [0.2, 0.25) is 11.8 Å². The van der Waals surface area contributed by atoms with Crippen molar-refractivity contribution in [2.24, 2.45) is 5.92 Å². The van der Waals surface area contributed by atoms with E-state index >= 15 is 0 Å². The molecule has 2 amide bonds. The highest BCUT2D eigenvalue weighted by Crippen LogP contribution is 2.29. The Labute approximate surface area is 167 Å². The number of anilines is 2. The maximum atomic E-state index is 12.6. The summed E-state index contributed by atoms with van der Waals surface area (Å²) in [4.78, 5) is 26.7. The lowest BCUT2D eigenvalue weighted by Gasteiger charge is -2.17. The first kappa shape index (κ1) is 19.4. The lowest BCUT2D eigenvalue weighted by Crippen LogP contribution is -2.28. The molecule has 0 aromatic heterocycles. The molecule has 1 heterocycles. The minimum absolute atomic E-state index is 0.0413. The normalized spacial score (nSPS) is 16.5. The first-order valence-electron chi connectivity index (χ1n) is 9.08. The zero-order valence-electron chi connectivity index (χ0n) is 15.5. The van der Waals surface area contributed by atoms with Gasteiger partial charge >= 0.3 is 0 Å². The Morgan fingerprint density at radius 1 is 1.26 bits per heavy atom. The minimum Gasteiger partial charge on any atom is -0.494 e. The second-order valence-electron chi connectivity index (χ2n) is 6.72.